The van der Waals surface area contributed by atoms with E-state index in [-0.39, 0.29) is 5.91 Å². The summed E-state index contributed by atoms with van der Waals surface area (Å²) in [5.41, 5.74) is 1.01. The fourth-order valence-electron chi connectivity index (χ4n) is 1.73. The largest absolute Gasteiger partial charge is 0.492 e. The molecule has 1 atom stereocenters. The number of benzene rings is 1. The standard InChI is InChI=1S/C13H18N2O4/c1-4-19-11-6-5-9(12(14-3)13(17)18)7-10(11)15-8(2)16/h5-7,12,14H,4H2,1-3H3,(H,15,16)(H,17,18). The fraction of sp³-hybridized carbons (Fsp3) is 0.385. The van der Waals surface area contributed by atoms with Crippen molar-refractivity contribution in [2.45, 2.75) is 19.9 Å². The van der Waals surface area contributed by atoms with Gasteiger partial charge in [-0.05, 0) is 31.7 Å². The van der Waals surface area contributed by atoms with Crippen LogP contribution in [0, 0.1) is 0 Å². The molecule has 1 unspecified atom stereocenters. The third kappa shape index (κ3) is 3.96. The van der Waals surface area contributed by atoms with Crippen LogP contribution in [0.1, 0.15) is 25.5 Å². The Morgan fingerprint density at radius 1 is 1.42 bits per heavy atom. The van der Waals surface area contributed by atoms with Crippen molar-refractivity contribution in [3.8, 4) is 5.75 Å². The van der Waals surface area contributed by atoms with Gasteiger partial charge in [-0.25, -0.2) is 0 Å². The molecule has 0 bridgehead atoms. The molecule has 0 radical (unpaired) electrons. The van der Waals surface area contributed by atoms with Gasteiger partial charge in [0, 0.05) is 6.92 Å². The van der Waals surface area contributed by atoms with Crippen LogP contribution in [0.15, 0.2) is 18.2 Å². The van der Waals surface area contributed by atoms with E-state index in [0.29, 0.717) is 23.6 Å². The van der Waals surface area contributed by atoms with Crippen LogP contribution in [0.3, 0.4) is 0 Å². The van der Waals surface area contributed by atoms with E-state index in [1.165, 1.54) is 6.92 Å². The first kappa shape index (κ1) is 15.0. The summed E-state index contributed by atoms with van der Waals surface area (Å²) in [5, 5.41) is 14.4. The van der Waals surface area contributed by atoms with Gasteiger partial charge in [0.1, 0.15) is 11.8 Å². The lowest BCUT2D eigenvalue weighted by Gasteiger charge is -2.16. The van der Waals surface area contributed by atoms with Crippen molar-refractivity contribution in [3.63, 3.8) is 0 Å². The van der Waals surface area contributed by atoms with Gasteiger partial charge in [-0.2, -0.15) is 0 Å². The lowest BCUT2D eigenvalue weighted by Crippen LogP contribution is -2.25. The van der Waals surface area contributed by atoms with E-state index in [4.69, 9.17) is 9.84 Å². The molecule has 0 heterocycles. The zero-order chi connectivity index (χ0) is 14.4. The number of hydrogen-bond acceptors (Lipinski definition) is 4. The van der Waals surface area contributed by atoms with E-state index in [1.54, 1.807) is 25.2 Å². The van der Waals surface area contributed by atoms with Crippen LogP contribution in [-0.4, -0.2) is 30.6 Å². The highest BCUT2D eigenvalue weighted by Gasteiger charge is 2.19. The number of likely N-dealkylation sites (N-methyl/N-ethyl adjacent to an activating group) is 1. The van der Waals surface area contributed by atoms with Gasteiger partial charge < -0.3 is 20.5 Å². The lowest BCUT2D eigenvalue weighted by molar-refractivity contribution is -0.139. The summed E-state index contributed by atoms with van der Waals surface area (Å²) in [6, 6.07) is 4.08. The van der Waals surface area contributed by atoms with Gasteiger partial charge in [0.05, 0.1) is 12.3 Å². The molecule has 3 N–H and O–H groups in total. The molecule has 0 aliphatic carbocycles. The minimum atomic E-state index is -0.986. The first-order chi connectivity index (χ1) is 8.99. The number of nitrogens with one attached hydrogen (secondary N) is 2. The second-order valence-corrected chi connectivity index (χ2v) is 3.93. The first-order valence-corrected chi connectivity index (χ1v) is 5.94. The van der Waals surface area contributed by atoms with Crippen LogP contribution >= 0.6 is 0 Å². The Labute approximate surface area is 111 Å². The van der Waals surface area contributed by atoms with Crippen LogP contribution in [0.25, 0.3) is 0 Å². The van der Waals surface area contributed by atoms with Crippen molar-refractivity contribution >= 4 is 17.6 Å². The molecule has 104 valence electrons. The van der Waals surface area contributed by atoms with Crippen LogP contribution in [0.2, 0.25) is 0 Å². The number of carbonyl (C=O) groups excluding carboxylic acids is 1. The molecule has 19 heavy (non-hydrogen) atoms. The summed E-state index contributed by atoms with van der Waals surface area (Å²) in [6.07, 6.45) is 0. The molecule has 1 rings (SSSR count). The molecule has 0 aliphatic heterocycles. The number of anilines is 1. The van der Waals surface area contributed by atoms with Gasteiger partial charge in [0.25, 0.3) is 0 Å². The molecule has 1 amide bonds. The van der Waals surface area contributed by atoms with Crippen molar-refractivity contribution in [1.82, 2.24) is 5.32 Å². The molecule has 0 fully saturated rings. The average Bonchev–Trinajstić information content (AvgIpc) is 2.32. The van der Waals surface area contributed by atoms with Gasteiger partial charge in [0.15, 0.2) is 0 Å². The van der Waals surface area contributed by atoms with Gasteiger partial charge in [-0.15, -0.1) is 0 Å². The molecule has 1 aromatic rings. The van der Waals surface area contributed by atoms with Crippen molar-refractivity contribution in [2.24, 2.45) is 0 Å². The number of carboxylic acids is 1. The molecule has 0 aromatic heterocycles. The number of aliphatic carboxylic acids is 1. The Hall–Kier alpha value is -2.08. The van der Waals surface area contributed by atoms with Crippen LogP contribution in [0.5, 0.6) is 5.75 Å². The van der Waals surface area contributed by atoms with Crippen LogP contribution in [0.4, 0.5) is 5.69 Å². The summed E-state index contributed by atoms with van der Waals surface area (Å²) < 4.78 is 5.38. The average molecular weight is 266 g/mol. The van der Waals surface area contributed by atoms with E-state index >= 15 is 0 Å². The highest BCUT2D eigenvalue weighted by Crippen LogP contribution is 2.28. The summed E-state index contributed by atoms with van der Waals surface area (Å²) in [5.74, 6) is -0.712. The molecule has 0 spiro atoms. The normalized spacial score (nSPS) is 11.7. The zero-order valence-electron chi connectivity index (χ0n) is 11.2. The number of ether oxygens (including phenoxy) is 1. The first-order valence-electron chi connectivity index (χ1n) is 5.94. The monoisotopic (exact) mass is 266 g/mol. The molecule has 1 aromatic carbocycles. The van der Waals surface area contributed by atoms with E-state index in [2.05, 4.69) is 10.6 Å². The molecule has 6 heteroatoms. The summed E-state index contributed by atoms with van der Waals surface area (Å²) in [7, 11) is 1.56. The highest BCUT2D eigenvalue weighted by molar-refractivity contribution is 5.90. The lowest BCUT2D eigenvalue weighted by atomic mass is 10.1. The van der Waals surface area contributed by atoms with Crippen molar-refractivity contribution in [1.29, 1.82) is 0 Å². The summed E-state index contributed by atoms with van der Waals surface area (Å²) in [4.78, 5) is 22.2. The third-order valence-electron chi connectivity index (χ3n) is 2.48. The van der Waals surface area contributed by atoms with E-state index < -0.39 is 12.0 Å². The smallest absolute Gasteiger partial charge is 0.325 e. The summed E-state index contributed by atoms with van der Waals surface area (Å²) in [6.45, 7) is 3.68. The van der Waals surface area contributed by atoms with Gasteiger partial charge >= 0.3 is 5.97 Å². The Balaban J connectivity index is 3.15. The Morgan fingerprint density at radius 3 is 2.58 bits per heavy atom. The van der Waals surface area contributed by atoms with Gasteiger partial charge in [-0.1, -0.05) is 6.07 Å². The van der Waals surface area contributed by atoms with E-state index in [1.807, 2.05) is 6.92 Å². The quantitative estimate of drug-likeness (QED) is 0.724. The predicted molar refractivity (Wildman–Crippen MR) is 71.4 cm³/mol. The maximum absolute atomic E-state index is 11.2. The molecule has 0 saturated carbocycles. The van der Waals surface area contributed by atoms with Gasteiger partial charge in [0.2, 0.25) is 5.91 Å². The number of amides is 1. The highest BCUT2D eigenvalue weighted by atomic mass is 16.5. The zero-order valence-corrected chi connectivity index (χ0v) is 11.2. The summed E-state index contributed by atoms with van der Waals surface area (Å²) >= 11 is 0. The molecular formula is C13H18N2O4. The van der Waals surface area contributed by atoms with Gasteiger partial charge in [-0.3, -0.25) is 9.59 Å². The SMILES string of the molecule is CCOc1ccc(C(NC)C(=O)O)cc1NC(C)=O. The van der Waals surface area contributed by atoms with Crippen molar-refractivity contribution < 1.29 is 19.4 Å². The molecule has 0 saturated heterocycles. The second-order valence-electron chi connectivity index (χ2n) is 3.93. The molecular weight excluding hydrogens is 248 g/mol. The van der Waals surface area contributed by atoms with E-state index in [9.17, 15) is 9.59 Å². The Morgan fingerprint density at radius 2 is 2.11 bits per heavy atom. The fourth-order valence-corrected chi connectivity index (χ4v) is 1.73. The minimum Gasteiger partial charge on any atom is -0.492 e. The topological polar surface area (TPSA) is 87.7 Å². The minimum absolute atomic E-state index is 0.241. The number of rotatable bonds is 6. The van der Waals surface area contributed by atoms with Crippen LogP contribution < -0.4 is 15.4 Å². The molecule has 6 nitrogen and oxygen atoms in total. The predicted octanol–water partition coefficient (Wildman–Crippen LogP) is 1.39. The third-order valence-corrected chi connectivity index (χ3v) is 2.48. The maximum atomic E-state index is 11.2. The Bertz CT molecular complexity index is 474. The number of hydrogen-bond donors (Lipinski definition) is 3. The maximum Gasteiger partial charge on any atom is 0.325 e. The van der Waals surface area contributed by atoms with Crippen molar-refractivity contribution in [2.75, 3.05) is 19.0 Å². The molecule has 0 aliphatic rings. The Kier molecular flexibility index (Phi) is 5.32. The van der Waals surface area contributed by atoms with E-state index in [0.717, 1.165) is 0 Å². The number of carboxylic acid groups (broad SMARTS) is 1. The van der Waals surface area contributed by atoms with Crippen LogP contribution in [-0.2, 0) is 9.59 Å². The van der Waals surface area contributed by atoms with Crippen molar-refractivity contribution in [3.05, 3.63) is 23.8 Å². The number of carbonyl (C=O) groups is 2. The second kappa shape index (κ2) is 6.75.